The molecule has 0 atom stereocenters. The number of esters is 2. The number of hydrogen-bond donors (Lipinski definition) is 1. The molecule has 0 aliphatic heterocycles. The monoisotopic (exact) mass is 467 g/mol. The SMILES string of the molecule is CCOC(=O)c1c(NC(=O)CCCOc2ccc(Cl)cc2)sc(C(=O)OC(C)C)c1C. The van der Waals surface area contributed by atoms with E-state index < -0.39 is 11.9 Å². The normalized spacial score (nSPS) is 10.6. The van der Waals surface area contributed by atoms with E-state index in [2.05, 4.69) is 5.32 Å². The van der Waals surface area contributed by atoms with Crippen molar-refractivity contribution in [2.24, 2.45) is 0 Å². The molecule has 31 heavy (non-hydrogen) atoms. The van der Waals surface area contributed by atoms with Crippen LogP contribution in [0.1, 0.15) is 59.2 Å². The predicted molar refractivity (Wildman–Crippen MR) is 120 cm³/mol. The Bertz CT molecular complexity index is 923. The van der Waals surface area contributed by atoms with Gasteiger partial charge < -0.3 is 19.5 Å². The summed E-state index contributed by atoms with van der Waals surface area (Å²) in [4.78, 5) is 37.5. The first-order valence-corrected chi connectivity index (χ1v) is 11.1. The maximum absolute atomic E-state index is 12.4. The molecule has 168 valence electrons. The summed E-state index contributed by atoms with van der Waals surface area (Å²) in [7, 11) is 0. The minimum Gasteiger partial charge on any atom is -0.494 e. The fourth-order valence-corrected chi connectivity index (χ4v) is 3.88. The largest absolute Gasteiger partial charge is 0.494 e. The molecule has 1 aromatic carbocycles. The Balaban J connectivity index is 2.03. The average Bonchev–Trinajstić information content (AvgIpc) is 3.02. The smallest absolute Gasteiger partial charge is 0.348 e. The quantitative estimate of drug-likeness (QED) is 0.379. The topological polar surface area (TPSA) is 90.9 Å². The molecule has 1 N–H and O–H groups in total. The number of nitrogens with one attached hydrogen (secondary N) is 1. The van der Waals surface area contributed by atoms with Crippen molar-refractivity contribution in [3.8, 4) is 5.75 Å². The Morgan fingerprint density at radius 2 is 1.81 bits per heavy atom. The molecule has 0 aliphatic rings. The maximum Gasteiger partial charge on any atom is 0.348 e. The van der Waals surface area contributed by atoms with Crippen LogP contribution >= 0.6 is 22.9 Å². The van der Waals surface area contributed by atoms with E-state index in [-0.39, 0.29) is 40.5 Å². The van der Waals surface area contributed by atoms with Gasteiger partial charge in [0.25, 0.3) is 0 Å². The van der Waals surface area contributed by atoms with Crippen LogP contribution in [0.5, 0.6) is 5.75 Å². The minimum absolute atomic E-state index is 0.174. The second-order valence-electron chi connectivity index (χ2n) is 6.89. The highest BCUT2D eigenvalue weighted by atomic mass is 35.5. The van der Waals surface area contributed by atoms with E-state index in [1.54, 1.807) is 52.0 Å². The number of carbonyl (C=O) groups is 3. The van der Waals surface area contributed by atoms with Gasteiger partial charge in [-0.05, 0) is 63.9 Å². The van der Waals surface area contributed by atoms with Crippen molar-refractivity contribution in [3.05, 3.63) is 45.3 Å². The molecule has 0 unspecified atom stereocenters. The van der Waals surface area contributed by atoms with E-state index in [1.807, 2.05) is 0 Å². The molecule has 0 radical (unpaired) electrons. The predicted octanol–water partition coefficient (Wildman–Crippen LogP) is 5.25. The van der Waals surface area contributed by atoms with Gasteiger partial charge in [-0.15, -0.1) is 11.3 Å². The van der Waals surface area contributed by atoms with Crippen LogP contribution in [0.25, 0.3) is 0 Å². The summed E-state index contributed by atoms with van der Waals surface area (Å²) in [6.45, 7) is 7.32. The zero-order valence-electron chi connectivity index (χ0n) is 18.0. The molecular formula is C22H26ClNO6S. The zero-order valence-corrected chi connectivity index (χ0v) is 19.5. The standard InChI is InChI=1S/C22H26ClNO6S/c1-5-28-21(26)18-14(4)19(22(27)30-13(2)3)31-20(18)24-17(25)7-6-12-29-16-10-8-15(23)9-11-16/h8-11,13H,5-7,12H2,1-4H3,(H,24,25). The molecule has 2 rings (SSSR count). The highest BCUT2D eigenvalue weighted by Gasteiger charge is 2.27. The van der Waals surface area contributed by atoms with Gasteiger partial charge in [0, 0.05) is 11.4 Å². The van der Waals surface area contributed by atoms with E-state index in [1.165, 1.54) is 0 Å². The molecule has 2 aromatic rings. The Hall–Kier alpha value is -2.58. The number of amides is 1. The fourth-order valence-electron chi connectivity index (χ4n) is 2.66. The van der Waals surface area contributed by atoms with Crippen LogP contribution < -0.4 is 10.1 Å². The van der Waals surface area contributed by atoms with Crippen LogP contribution in [0.4, 0.5) is 5.00 Å². The highest BCUT2D eigenvalue weighted by Crippen LogP contribution is 2.34. The molecule has 0 saturated heterocycles. The Morgan fingerprint density at radius 3 is 2.42 bits per heavy atom. The number of thiophene rings is 1. The third-order valence-corrected chi connectivity index (χ3v) is 5.48. The van der Waals surface area contributed by atoms with Gasteiger partial charge in [0.05, 0.1) is 24.9 Å². The van der Waals surface area contributed by atoms with E-state index in [9.17, 15) is 14.4 Å². The van der Waals surface area contributed by atoms with Gasteiger partial charge in [0.2, 0.25) is 5.91 Å². The molecule has 0 saturated carbocycles. The van der Waals surface area contributed by atoms with Crippen LogP contribution in [0, 0.1) is 6.92 Å². The van der Waals surface area contributed by atoms with Crippen LogP contribution in [-0.2, 0) is 14.3 Å². The van der Waals surface area contributed by atoms with Gasteiger partial charge in [-0.3, -0.25) is 4.79 Å². The van der Waals surface area contributed by atoms with E-state index in [0.29, 0.717) is 29.4 Å². The lowest BCUT2D eigenvalue weighted by Gasteiger charge is -2.08. The lowest BCUT2D eigenvalue weighted by Crippen LogP contribution is -2.15. The molecule has 0 spiro atoms. The van der Waals surface area contributed by atoms with Crippen LogP contribution in [0.3, 0.4) is 0 Å². The number of rotatable bonds is 10. The Labute approximate surface area is 190 Å². The van der Waals surface area contributed by atoms with Crippen LogP contribution in [0.2, 0.25) is 5.02 Å². The van der Waals surface area contributed by atoms with Gasteiger partial charge >= 0.3 is 11.9 Å². The third kappa shape index (κ3) is 7.25. The summed E-state index contributed by atoms with van der Waals surface area (Å²) in [5, 5.41) is 3.61. The fraction of sp³-hybridized carbons (Fsp3) is 0.409. The van der Waals surface area contributed by atoms with Crippen molar-refractivity contribution in [1.29, 1.82) is 0 Å². The van der Waals surface area contributed by atoms with Crippen molar-refractivity contribution < 1.29 is 28.6 Å². The first-order chi connectivity index (χ1) is 14.7. The number of anilines is 1. The summed E-state index contributed by atoms with van der Waals surface area (Å²) >= 11 is 6.84. The number of benzene rings is 1. The lowest BCUT2D eigenvalue weighted by molar-refractivity contribution is -0.116. The van der Waals surface area contributed by atoms with E-state index in [0.717, 1.165) is 11.3 Å². The number of carbonyl (C=O) groups excluding carboxylic acids is 3. The molecule has 1 amide bonds. The first kappa shape index (κ1) is 24.7. The molecule has 0 aliphatic carbocycles. The molecule has 7 nitrogen and oxygen atoms in total. The Morgan fingerprint density at radius 1 is 1.13 bits per heavy atom. The summed E-state index contributed by atoms with van der Waals surface area (Å²) in [5.74, 6) is -0.770. The molecule has 1 aromatic heterocycles. The van der Waals surface area contributed by atoms with Gasteiger partial charge in [0.1, 0.15) is 15.6 Å². The summed E-state index contributed by atoms with van der Waals surface area (Å²) in [6, 6.07) is 6.95. The summed E-state index contributed by atoms with van der Waals surface area (Å²) < 4.78 is 15.9. The zero-order chi connectivity index (χ0) is 23.0. The van der Waals surface area contributed by atoms with Gasteiger partial charge in [-0.25, -0.2) is 9.59 Å². The number of halogens is 1. The van der Waals surface area contributed by atoms with Crippen molar-refractivity contribution in [3.63, 3.8) is 0 Å². The van der Waals surface area contributed by atoms with E-state index in [4.69, 9.17) is 25.8 Å². The number of hydrogen-bond acceptors (Lipinski definition) is 7. The lowest BCUT2D eigenvalue weighted by atomic mass is 10.1. The number of ether oxygens (including phenoxy) is 3. The van der Waals surface area contributed by atoms with Gasteiger partial charge in [0.15, 0.2) is 0 Å². The second-order valence-corrected chi connectivity index (χ2v) is 8.35. The van der Waals surface area contributed by atoms with Crippen molar-refractivity contribution >= 4 is 45.8 Å². The molecule has 0 bridgehead atoms. The average molecular weight is 468 g/mol. The van der Waals surface area contributed by atoms with Crippen LogP contribution in [-0.4, -0.2) is 37.2 Å². The minimum atomic E-state index is -0.596. The van der Waals surface area contributed by atoms with Gasteiger partial charge in [-0.1, -0.05) is 11.6 Å². The summed E-state index contributed by atoms with van der Waals surface area (Å²) in [5.41, 5.74) is 0.601. The molecule has 0 fully saturated rings. The molecular weight excluding hydrogens is 442 g/mol. The van der Waals surface area contributed by atoms with Crippen molar-refractivity contribution in [2.45, 2.75) is 46.6 Å². The van der Waals surface area contributed by atoms with Crippen molar-refractivity contribution in [1.82, 2.24) is 0 Å². The third-order valence-electron chi connectivity index (χ3n) is 4.04. The van der Waals surface area contributed by atoms with Crippen LogP contribution in [0.15, 0.2) is 24.3 Å². The maximum atomic E-state index is 12.4. The van der Waals surface area contributed by atoms with E-state index >= 15 is 0 Å². The molecule has 1 heterocycles. The second kappa shape index (κ2) is 11.7. The summed E-state index contributed by atoms with van der Waals surface area (Å²) in [6.07, 6.45) is 0.340. The molecule has 9 heteroatoms. The highest BCUT2D eigenvalue weighted by molar-refractivity contribution is 7.18. The first-order valence-electron chi connectivity index (χ1n) is 9.92. The van der Waals surface area contributed by atoms with Crippen molar-refractivity contribution in [2.75, 3.05) is 18.5 Å². The van der Waals surface area contributed by atoms with Gasteiger partial charge in [-0.2, -0.15) is 0 Å². The Kier molecular flexibility index (Phi) is 9.33.